The predicted molar refractivity (Wildman–Crippen MR) is 73.9 cm³/mol. The van der Waals surface area contributed by atoms with Gasteiger partial charge in [-0.1, -0.05) is 18.2 Å². The van der Waals surface area contributed by atoms with Gasteiger partial charge in [0.25, 0.3) is 0 Å². The van der Waals surface area contributed by atoms with Crippen molar-refractivity contribution in [3.05, 3.63) is 42.2 Å². The molecule has 1 aromatic heterocycles. The van der Waals surface area contributed by atoms with Gasteiger partial charge in [-0.25, -0.2) is 0 Å². The number of aromatic nitrogens is 1. The zero-order valence-electron chi connectivity index (χ0n) is 11.2. The summed E-state index contributed by atoms with van der Waals surface area (Å²) in [6, 6.07) is 5.64. The Kier molecular flexibility index (Phi) is 4.87. The molecular weight excluding hydrogens is 256 g/mol. The maximum absolute atomic E-state index is 12.1. The Morgan fingerprint density at radius 3 is 2.65 bits per heavy atom. The highest BCUT2D eigenvalue weighted by molar-refractivity contribution is 5.85. The van der Waals surface area contributed by atoms with Crippen LogP contribution in [0.1, 0.15) is 18.5 Å². The van der Waals surface area contributed by atoms with E-state index in [0.717, 1.165) is 5.69 Å². The number of carboxylic acids is 1. The predicted octanol–water partition coefficient (Wildman–Crippen LogP) is 1.41. The van der Waals surface area contributed by atoms with Crippen molar-refractivity contribution in [2.75, 3.05) is 6.54 Å². The van der Waals surface area contributed by atoms with Crippen molar-refractivity contribution >= 4 is 11.9 Å². The fraction of sp³-hybridized carbons (Fsp3) is 0.400. The Hall–Kier alpha value is -2.17. The van der Waals surface area contributed by atoms with Crippen LogP contribution in [0.25, 0.3) is 0 Å². The van der Waals surface area contributed by atoms with Crippen LogP contribution in [-0.4, -0.2) is 28.5 Å². The minimum absolute atomic E-state index is 0.183. The second-order valence-electron chi connectivity index (χ2n) is 4.86. The maximum atomic E-state index is 12.1. The highest BCUT2D eigenvalue weighted by Crippen LogP contribution is 2.25. The number of nitrogens with zero attached hydrogens (tertiary/aromatic N) is 1. The third-order valence-corrected chi connectivity index (χ3v) is 3.49. The van der Waals surface area contributed by atoms with Gasteiger partial charge in [-0.2, -0.15) is 0 Å². The van der Waals surface area contributed by atoms with Gasteiger partial charge in [0.05, 0.1) is 11.8 Å². The number of pyridine rings is 1. The standard InChI is InChI=1S/C15H18N2O3/c18-14(12-6-1-2-7-13(12)15(19)20)17-10-8-11-5-3-4-9-16-11/h1-5,9,12-13H,6-8,10H2,(H,17,18)(H,19,20)/t12-,13+/m1/s1. The molecule has 5 heteroatoms. The van der Waals surface area contributed by atoms with Gasteiger partial charge in [0, 0.05) is 24.9 Å². The number of carbonyl (C=O) groups is 2. The van der Waals surface area contributed by atoms with Crippen LogP contribution in [0.2, 0.25) is 0 Å². The van der Waals surface area contributed by atoms with Crippen molar-refractivity contribution in [3.63, 3.8) is 0 Å². The smallest absolute Gasteiger partial charge is 0.307 e. The normalized spacial score (nSPS) is 21.4. The van der Waals surface area contributed by atoms with Gasteiger partial charge in [-0.3, -0.25) is 14.6 Å². The SMILES string of the molecule is O=C(O)[C@H]1CC=CC[C@H]1C(=O)NCCc1ccccn1. The van der Waals surface area contributed by atoms with E-state index in [-0.39, 0.29) is 5.91 Å². The lowest BCUT2D eigenvalue weighted by atomic mass is 9.82. The van der Waals surface area contributed by atoms with Crippen molar-refractivity contribution in [1.29, 1.82) is 0 Å². The number of hydrogen-bond acceptors (Lipinski definition) is 3. The Morgan fingerprint density at radius 1 is 1.25 bits per heavy atom. The summed E-state index contributed by atoms with van der Waals surface area (Å²) < 4.78 is 0. The lowest BCUT2D eigenvalue weighted by Gasteiger charge is -2.24. The number of carboxylic acid groups (broad SMARTS) is 1. The third kappa shape index (κ3) is 3.66. The van der Waals surface area contributed by atoms with Gasteiger partial charge < -0.3 is 10.4 Å². The molecule has 1 aliphatic carbocycles. The number of rotatable bonds is 5. The van der Waals surface area contributed by atoms with Crippen molar-refractivity contribution in [1.82, 2.24) is 10.3 Å². The lowest BCUT2D eigenvalue weighted by molar-refractivity contribution is -0.147. The van der Waals surface area contributed by atoms with Crippen molar-refractivity contribution < 1.29 is 14.7 Å². The van der Waals surface area contributed by atoms with Gasteiger partial charge in [0.15, 0.2) is 0 Å². The lowest BCUT2D eigenvalue weighted by Crippen LogP contribution is -2.39. The van der Waals surface area contributed by atoms with E-state index in [2.05, 4.69) is 10.3 Å². The monoisotopic (exact) mass is 274 g/mol. The van der Waals surface area contributed by atoms with Crippen LogP contribution in [0.4, 0.5) is 0 Å². The van der Waals surface area contributed by atoms with E-state index in [1.165, 1.54) is 0 Å². The molecule has 1 aliphatic rings. The molecule has 106 valence electrons. The second kappa shape index (κ2) is 6.84. The topological polar surface area (TPSA) is 79.3 Å². The molecule has 0 spiro atoms. The Morgan fingerprint density at radius 2 is 2.00 bits per heavy atom. The van der Waals surface area contributed by atoms with Crippen LogP contribution in [0, 0.1) is 11.8 Å². The molecule has 1 heterocycles. The molecule has 1 amide bonds. The van der Waals surface area contributed by atoms with Gasteiger partial charge in [-0.15, -0.1) is 0 Å². The van der Waals surface area contributed by atoms with E-state index >= 15 is 0 Å². The fourth-order valence-electron chi connectivity index (χ4n) is 2.37. The summed E-state index contributed by atoms with van der Waals surface area (Å²) in [4.78, 5) is 27.4. The number of nitrogens with one attached hydrogen (secondary N) is 1. The van der Waals surface area contributed by atoms with Crippen LogP contribution in [0.3, 0.4) is 0 Å². The fourth-order valence-corrected chi connectivity index (χ4v) is 2.37. The first kappa shape index (κ1) is 14.2. The number of allylic oxidation sites excluding steroid dienone is 2. The summed E-state index contributed by atoms with van der Waals surface area (Å²) in [6.07, 6.45) is 6.98. The van der Waals surface area contributed by atoms with E-state index in [1.807, 2.05) is 30.4 Å². The first-order valence-corrected chi connectivity index (χ1v) is 6.74. The Balaban J connectivity index is 1.85. The first-order chi connectivity index (χ1) is 9.68. The van der Waals surface area contributed by atoms with Crippen LogP contribution < -0.4 is 5.32 Å². The molecule has 2 N–H and O–H groups in total. The zero-order valence-corrected chi connectivity index (χ0v) is 11.2. The van der Waals surface area contributed by atoms with Crippen molar-refractivity contribution in [2.24, 2.45) is 11.8 Å². The van der Waals surface area contributed by atoms with Gasteiger partial charge in [-0.05, 0) is 25.0 Å². The molecule has 0 unspecified atom stereocenters. The second-order valence-corrected chi connectivity index (χ2v) is 4.86. The van der Waals surface area contributed by atoms with Crippen molar-refractivity contribution in [3.8, 4) is 0 Å². The number of amides is 1. The zero-order chi connectivity index (χ0) is 14.4. The molecule has 20 heavy (non-hydrogen) atoms. The highest BCUT2D eigenvalue weighted by atomic mass is 16.4. The number of hydrogen-bond donors (Lipinski definition) is 2. The summed E-state index contributed by atoms with van der Waals surface area (Å²) in [7, 11) is 0. The summed E-state index contributed by atoms with van der Waals surface area (Å²) in [5.41, 5.74) is 0.908. The van der Waals surface area contributed by atoms with E-state index in [0.29, 0.717) is 25.8 Å². The van der Waals surface area contributed by atoms with Crippen molar-refractivity contribution in [2.45, 2.75) is 19.3 Å². The highest BCUT2D eigenvalue weighted by Gasteiger charge is 2.33. The molecule has 0 saturated heterocycles. The average Bonchev–Trinajstić information content (AvgIpc) is 2.48. The molecule has 2 rings (SSSR count). The molecule has 0 fully saturated rings. The third-order valence-electron chi connectivity index (χ3n) is 3.49. The number of carbonyl (C=O) groups excluding carboxylic acids is 1. The van der Waals surface area contributed by atoms with Gasteiger partial charge >= 0.3 is 5.97 Å². The quantitative estimate of drug-likeness (QED) is 0.796. The molecule has 1 aromatic rings. The van der Waals surface area contributed by atoms with E-state index in [9.17, 15) is 9.59 Å². The molecule has 0 aliphatic heterocycles. The van der Waals surface area contributed by atoms with E-state index < -0.39 is 17.8 Å². The first-order valence-electron chi connectivity index (χ1n) is 6.74. The minimum Gasteiger partial charge on any atom is -0.481 e. The summed E-state index contributed by atoms with van der Waals surface area (Å²) >= 11 is 0. The molecule has 0 bridgehead atoms. The number of aliphatic carboxylic acids is 1. The largest absolute Gasteiger partial charge is 0.481 e. The van der Waals surface area contributed by atoms with E-state index in [1.54, 1.807) is 6.20 Å². The molecular formula is C15H18N2O3. The summed E-state index contributed by atoms with van der Waals surface area (Å²) in [6.45, 7) is 0.475. The molecule has 0 radical (unpaired) electrons. The van der Waals surface area contributed by atoms with Crippen LogP contribution in [0.15, 0.2) is 36.5 Å². The van der Waals surface area contributed by atoms with Gasteiger partial charge in [0.1, 0.15) is 0 Å². The average molecular weight is 274 g/mol. The van der Waals surface area contributed by atoms with Crippen LogP contribution >= 0.6 is 0 Å². The van der Waals surface area contributed by atoms with Crippen LogP contribution in [0.5, 0.6) is 0 Å². The maximum Gasteiger partial charge on any atom is 0.307 e. The molecule has 0 aromatic carbocycles. The molecule has 2 atom stereocenters. The van der Waals surface area contributed by atoms with Crippen LogP contribution in [-0.2, 0) is 16.0 Å². The minimum atomic E-state index is -0.903. The van der Waals surface area contributed by atoms with Gasteiger partial charge in [0.2, 0.25) is 5.91 Å². The molecule has 5 nitrogen and oxygen atoms in total. The summed E-state index contributed by atoms with van der Waals surface area (Å²) in [5, 5.41) is 11.9. The molecule has 0 saturated carbocycles. The Bertz CT molecular complexity index is 499. The Labute approximate surface area is 117 Å². The summed E-state index contributed by atoms with van der Waals surface area (Å²) in [5.74, 6) is -2.17. The van der Waals surface area contributed by atoms with E-state index in [4.69, 9.17) is 5.11 Å².